The number of amides is 1. The molecule has 6 nitrogen and oxygen atoms in total. The number of carboxylic acids is 1. The molecule has 2 N–H and O–H groups in total. The van der Waals surface area contributed by atoms with Crippen molar-refractivity contribution in [3.05, 3.63) is 65.7 Å². The van der Waals surface area contributed by atoms with Crippen LogP contribution in [0.15, 0.2) is 54.6 Å². The molecule has 0 saturated carbocycles. The molecule has 0 heterocycles. The average Bonchev–Trinajstić information content (AvgIpc) is 2.60. The SMILES string of the molecule is CC(C)(C)OC(=O)Nc1ccccc1[AsH]C(=O)C=Cc1cccc(C(=O)O)c1. The molecule has 0 aromatic heterocycles. The number of para-hydroxylation sites is 1. The number of rotatable bonds is 6. The van der Waals surface area contributed by atoms with Crippen LogP contribution in [-0.4, -0.2) is 43.1 Å². The molecule has 7 heteroatoms. The standard InChI is InChI=1S/C21H22AsNO5/c1-21(2,3)28-20(27)23-17-10-5-4-9-16(17)22-18(24)12-11-14-7-6-8-15(13-14)19(25)26/h4-13,22H,1-3H3,(H,23,27)(H,25,26). The zero-order valence-electron chi connectivity index (χ0n) is 15.9. The van der Waals surface area contributed by atoms with Gasteiger partial charge in [-0.05, 0) is 0 Å². The first-order valence-corrected chi connectivity index (χ1v) is 10.7. The van der Waals surface area contributed by atoms with Crippen LogP contribution in [0.3, 0.4) is 0 Å². The zero-order valence-corrected chi connectivity index (χ0v) is 18.0. The number of hydrogen-bond donors (Lipinski definition) is 2. The van der Waals surface area contributed by atoms with Crippen molar-refractivity contribution < 1.29 is 24.2 Å². The van der Waals surface area contributed by atoms with Gasteiger partial charge in [0.15, 0.2) is 0 Å². The Labute approximate surface area is 170 Å². The number of hydrogen-bond acceptors (Lipinski definition) is 4. The monoisotopic (exact) mass is 443 g/mol. The summed E-state index contributed by atoms with van der Waals surface area (Å²) < 4.78 is 5.98. The molecule has 28 heavy (non-hydrogen) atoms. The number of nitrogens with one attached hydrogen (secondary N) is 1. The summed E-state index contributed by atoms with van der Waals surface area (Å²) in [4.78, 5) is 35.4. The summed E-state index contributed by atoms with van der Waals surface area (Å²) in [6.45, 7) is 5.33. The third-order valence-corrected chi connectivity index (χ3v) is 5.73. The summed E-state index contributed by atoms with van der Waals surface area (Å²) >= 11 is -1.21. The Morgan fingerprint density at radius 2 is 1.79 bits per heavy atom. The van der Waals surface area contributed by atoms with E-state index in [0.717, 1.165) is 4.35 Å². The van der Waals surface area contributed by atoms with Gasteiger partial charge >= 0.3 is 170 Å². The van der Waals surface area contributed by atoms with Crippen LogP contribution in [0.5, 0.6) is 0 Å². The Kier molecular flexibility index (Phi) is 7.18. The second-order valence-corrected chi connectivity index (χ2v) is 9.61. The van der Waals surface area contributed by atoms with Gasteiger partial charge in [-0.2, -0.15) is 0 Å². The summed E-state index contributed by atoms with van der Waals surface area (Å²) in [5.41, 5.74) is 0.752. The number of allylic oxidation sites excluding steroid dienone is 1. The Bertz CT molecular complexity index is 915. The van der Waals surface area contributed by atoms with Crippen molar-refractivity contribution in [3.8, 4) is 0 Å². The molecule has 0 aliphatic heterocycles. The average molecular weight is 443 g/mol. The molecule has 0 aliphatic carbocycles. The first-order chi connectivity index (χ1) is 13.1. The van der Waals surface area contributed by atoms with E-state index in [2.05, 4.69) is 5.32 Å². The number of carbonyl (C=O) groups excluding carboxylic acids is 2. The van der Waals surface area contributed by atoms with Gasteiger partial charge in [0.2, 0.25) is 0 Å². The molecule has 2 rings (SSSR count). The Hall–Kier alpha value is -2.85. The minimum absolute atomic E-state index is 0.0563. The van der Waals surface area contributed by atoms with Crippen molar-refractivity contribution >= 4 is 48.5 Å². The van der Waals surface area contributed by atoms with E-state index in [1.165, 1.54) is 18.2 Å². The van der Waals surface area contributed by atoms with Gasteiger partial charge in [0, 0.05) is 0 Å². The van der Waals surface area contributed by atoms with Crippen LogP contribution in [-0.2, 0) is 9.53 Å². The fraction of sp³-hybridized carbons (Fsp3) is 0.190. The van der Waals surface area contributed by atoms with E-state index < -0.39 is 33.4 Å². The minimum atomic E-state index is -1.21. The van der Waals surface area contributed by atoms with Crippen LogP contribution in [0.4, 0.5) is 10.5 Å². The van der Waals surface area contributed by atoms with Crippen LogP contribution < -0.4 is 9.67 Å². The maximum absolute atomic E-state index is 12.4. The fourth-order valence-corrected chi connectivity index (χ4v) is 4.11. The molecule has 2 aromatic carbocycles. The van der Waals surface area contributed by atoms with Gasteiger partial charge in [0.05, 0.1) is 0 Å². The van der Waals surface area contributed by atoms with Gasteiger partial charge in [-0.15, -0.1) is 0 Å². The van der Waals surface area contributed by atoms with Crippen LogP contribution in [0.2, 0.25) is 0 Å². The van der Waals surface area contributed by atoms with Gasteiger partial charge in [0.25, 0.3) is 0 Å². The Morgan fingerprint density at radius 1 is 1.07 bits per heavy atom. The summed E-state index contributed by atoms with van der Waals surface area (Å²) in [6, 6.07) is 13.5. The molecule has 1 unspecified atom stereocenters. The zero-order chi connectivity index (χ0) is 20.7. The molecule has 146 valence electrons. The van der Waals surface area contributed by atoms with Crippen LogP contribution in [0, 0.1) is 0 Å². The van der Waals surface area contributed by atoms with Crippen molar-refractivity contribution in [2.24, 2.45) is 0 Å². The van der Waals surface area contributed by atoms with Crippen molar-refractivity contribution in [1.29, 1.82) is 0 Å². The molecule has 1 atom stereocenters. The second kappa shape index (κ2) is 9.38. The number of benzene rings is 2. The third kappa shape index (κ3) is 7.04. The molecule has 2 aromatic rings. The van der Waals surface area contributed by atoms with Crippen LogP contribution in [0.25, 0.3) is 6.08 Å². The molecule has 0 spiro atoms. The van der Waals surface area contributed by atoms with Gasteiger partial charge < -0.3 is 0 Å². The van der Waals surface area contributed by atoms with E-state index in [1.54, 1.807) is 51.1 Å². The van der Waals surface area contributed by atoms with E-state index in [0.29, 0.717) is 11.3 Å². The van der Waals surface area contributed by atoms with E-state index >= 15 is 0 Å². The molecular weight excluding hydrogens is 421 g/mol. The first-order valence-electron chi connectivity index (χ1n) is 8.55. The normalized spacial score (nSPS) is 11.7. The summed E-state index contributed by atoms with van der Waals surface area (Å²) in [6.07, 6.45) is 2.48. The molecule has 1 amide bonds. The number of anilines is 1. The van der Waals surface area contributed by atoms with Crippen molar-refractivity contribution in [3.63, 3.8) is 0 Å². The van der Waals surface area contributed by atoms with Gasteiger partial charge in [-0.1, -0.05) is 0 Å². The number of carbonyl (C=O) groups is 3. The van der Waals surface area contributed by atoms with Crippen LogP contribution in [0.1, 0.15) is 36.7 Å². The van der Waals surface area contributed by atoms with Crippen molar-refractivity contribution in [2.45, 2.75) is 26.4 Å². The maximum atomic E-state index is 12.4. The van der Waals surface area contributed by atoms with E-state index in [4.69, 9.17) is 9.84 Å². The van der Waals surface area contributed by atoms with Gasteiger partial charge in [0.1, 0.15) is 0 Å². The van der Waals surface area contributed by atoms with E-state index in [1.807, 2.05) is 12.1 Å². The Morgan fingerprint density at radius 3 is 2.46 bits per heavy atom. The summed E-state index contributed by atoms with van der Waals surface area (Å²) in [7, 11) is 0. The molecule has 0 bridgehead atoms. The van der Waals surface area contributed by atoms with E-state index in [-0.39, 0.29) is 10.1 Å². The topological polar surface area (TPSA) is 92.7 Å². The summed E-state index contributed by atoms with van der Waals surface area (Å²) in [5.74, 6) is -1.02. The quantitative estimate of drug-likeness (QED) is 0.529. The fourth-order valence-electron chi connectivity index (χ4n) is 2.24. The van der Waals surface area contributed by atoms with Crippen molar-refractivity contribution in [1.82, 2.24) is 0 Å². The Balaban J connectivity index is 2.07. The number of ether oxygens (including phenoxy) is 1. The molecule has 0 fully saturated rings. The third-order valence-electron chi connectivity index (χ3n) is 3.38. The number of aromatic carboxylic acids is 1. The molecule has 0 aliphatic rings. The van der Waals surface area contributed by atoms with E-state index in [9.17, 15) is 14.4 Å². The summed E-state index contributed by atoms with van der Waals surface area (Å²) in [5, 5.41) is 11.7. The first kappa shape index (κ1) is 21.4. The molecular formula is C21H22AsNO5. The van der Waals surface area contributed by atoms with Crippen molar-refractivity contribution in [2.75, 3.05) is 5.32 Å². The number of carboxylic acid groups (broad SMARTS) is 1. The predicted molar refractivity (Wildman–Crippen MR) is 111 cm³/mol. The van der Waals surface area contributed by atoms with Gasteiger partial charge in [-0.3, -0.25) is 0 Å². The van der Waals surface area contributed by atoms with Crippen LogP contribution >= 0.6 is 0 Å². The molecule has 0 radical (unpaired) electrons. The molecule has 0 saturated heterocycles. The second-order valence-electron chi connectivity index (χ2n) is 6.93. The predicted octanol–water partition coefficient (Wildman–Crippen LogP) is 3.03. The van der Waals surface area contributed by atoms with Gasteiger partial charge in [-0.25, -0.2) is 0 Å².